The highest BCUT2D eigenvalue weighted by Crippen LogP contribution is 2.32. The first-order chi connectivity index (χ1) is 7.65. The number of nitrogens with one attached hydrogen (secondary N) is 1. The fourth-order valence-corrected chi connectivity index (χ4v) is 4.80. The van der Waals surface area contributed by atoms with Crippen LogP contribution in [0.3, 0.4) is 0 Å². The summed E-state index contributed by atoms with van der Waals surface area (Å²) in [5.41, 5.74) is 0. The molecule has 0 atom stereocenters. The molecule has 2 rings (SSSR count). The summed E-state index contributed by atoms with van der Waals surface area (Å²) in [4.78, 5) is 2.68. The molecule has 0 aliphatic carbocycles. The molecule has 86 valence electrons. The second-order valence-electron chi connectivity index (χ2n) is 3.17. The molecule has 6 heteroatoms. The summed E-state index contributed by atoms with van der Waals surface area (Å²) in [6.07, 6.45) is 0. The first-order valence-corrected chi connectivity index (χ1v) is 8.60. The number of hydrogen-bond acceptors (Lipinski definition) is 3. The molecule has 2 aromatic rings. The Morgan fingerprint density at radius 1 is 1.06 bits per heavy atom. The molecule has 0 fully saturated rings. The zero-order chi connectivity index (χ0) is 11.5. The molecule has 1 nitrogen and oxygen atoms in total. The Hall–Kier alpha value is 0.800. The lowest BCUT2D eigenvalue weighted by Crippen LogP contribution is -2.10. The standard InChI is InChI=1S/C10H8Br3NS2/c11-6-1-7(15-5-6)3-14-4-8-2-9(12)10(13)16-8/h1-2,5,14H,3-4H2. The summed E-state index contributed by atoms with van der Waals surface area (Å²) in [5.74, 6) is 0. The second-order valence-corrected chi connectivity index (χ2v) is 8.39. The topological polar surface area (TPSA) is 12.0 Å². The van der Waals surface area contributed by atoms with Crippen LogP contribution in [0.4, 0.5) is 0 Å². The molecule has 0 unspecified atom stereocenters. The van der Waals surface area contributed by atoms with Crippen molar-refractivity contribution in [2.24, 2.45) is 0 Å². The van der Waals surface area contributed by atoms with E-state index in [0.717, 1.165) is 25.8 Å². The van der Waals surface area contributed by atoms with Gasteiger partial charge in [0.1, 0.15) is 0 Å². The maximum Gasteiger partial charge on any atom is 0.0843 e. The Labute approximate surface area is 128 Å². The normalized spacial score (nSPS) is 10.9. The van der Waals surface area contributed by atoms with Gasteiger partial charge in [0.15, 0.2) is 0 Å². The van der Waals surface area contributed by atoms with Crippen LogP contribution in [0.2, 0.25) is 0 Å². The first kappa shape index (κ1) is 13.2. The molecule has 0 radical (unpaired) electrons. The lowest BCUT2D eigenvalue weighted by molar-refractivity contribution is 0.708. The van der Waals surface area contributed by atoms with E-state index in [-0.39, 0.29) is 0 Å². The molecule has 0 aliphatic heterocycles. The highest BCUT2D eigenvalue weighted by Gasteiger charge is 2.04. The molecule has 0 saturated heterocycles. The van der Waals surface area contributed by atoms with E-state index in [1.54, 1.807) is 22.7 Å². The van der Waals surface area contributed by atoms with Crippen LogP contribution >= 0.6 is 70.5 Å². The van der Waals surface area contributed by atoms with Gasteiger partial charge in [-0.05, 0) is 59.9 Å². The van der Waals surface area contributed by atoms with Crippen molar-refractivity contribution in [3.8, 4) is 0 Å². The van der Waals surface area contributed by atoms with Crippen LogP contribution in [0, 0.1) is 0 Å². The van der Waals surface area contributed by atoms with E-state index in [9.17, 15) is 0 Å². The van der Waals surface area contributed by atoms with E-state index in [1.807, 2.05) is 0 Å². The minimum absolute atomic E-state index is 0.907. The molecule has 16 heavy (non-hydrogen) atoms. The van der Waals surface area contributed by atoms with E-state index < -0.39 is 0 Å². The summed E-state index contributed by atoms with van der Waals surface area (Å²) in [7, 11) is 0. The Kier molecular flexibility index (Phi) is 5.05. The number of hydrogen-bond donors (Lipinski definition) is 1. The zero-order valence-electron chi connectivity index (χ0n) is 8.10. The second kappa shape index (κ2) is 6.11. The summed E-state index contributed by atoms with van der Waals surface area (Å²) in [6, 6.07) is 4.30. The molecule has 0 bridgehead atoms. The Bertz CT molecular complexity index is 459. The molecule has 0 saturated carbocycles. The summed E-state index contributed by atoms with van der Waals surface area (Å²) >= 11 is 14.0. The summed E-state index contributed by atoms with van der Waals surface area (Å²) in [5, 5.41) is 5.54. The van der Waals surface area contributed by atoms with Crippen molar-refractivity contribution in [1.82, 2.24) is 5.32 Å². The highest BCUT2D eigenvalue weighted by molar-refractivity contribution is 9.13. The van der Waals surface area contributed by atoms with Crippen LogP contribution in [-0.4, -0.2) is 0 Å². The van der Waals surface area contributed by atoms with Crippen molar-refractivity contribution in [2.75, 3.05) is 0 Å². The van der Waals surface area contributed by atoms with Crippen LogP contribution in [0.1, 0.15) is 9.75 Å². The highest BCUT2D eigenvalue weighted by atomic mass is 79.9. The third-order valence-corrected chi connectivity index (χ3v) is 6.87. The maximum absolute atomic E-state index is 3.50. The van der Waals surface area contributed by atoms with Crippen molar-refractivity contribution < 1.29 is 0 Å². The van der Waals surface area contributed by atoms with Gasteiger partial charge in [0.2, 0.25) is 0 Å². The number of rotatable bonds is 4. The van der Waals surface area contributed by atoms with E-state index in [4.69, 9.17) is 0 Å². The third-order valence-electron chi connectivity index (χ3n) is 1.92. The van der Waals surface area contributed by atoms with Crippen LogP contribution in [0.15, 0.2) is 30.2 Å². The van der Waals surface area contributed by atoms with Crippen LogP contribution in [-0.2, 0) is 13.1 Å². The van der Waals surface area contributed by atoms with E-state index >= 15 is 0 Å². The SMILES string of the molecule is Brc1csc(CNCc2cc(Br)c(Br)s2)c1. The largest absolute Gasteiger partial charge is 0.307 e. The minimum atomic E-state index is 0.907. The van der Waals surface area contributed by atoms with Gasteiger partial charge in [-0.3, -0.25) is 0 Å². The maximum atomic E-state index is 3.50. The molecule has 2 heterocycles. The van der Waals surface area contributed by atoms with E-state index in [1.165, 1.54) is 9.75 Å². The molecule has 0 spiro atoms. The predicted molar refractivity (Wildman–Crippen MR) is 82.3 cm³/mol. The van der Waals surface area contributed by atoms with Crippen LogP contribution < -0.4 is 5.32 Å². The van der Waals surface area contributed by atoms with Gasteiger partial charge in [-0.1, -0.05) is 0 Å². The average Bonchev–Trinajstić information content (AvgIpc) is 2.75. The van der Waals surface area contributed by atoms with Gasteiger partial charge in [0, 0.05) is 37.2 Å². The van der Waals surface area contributed by atoms with Gasteiger partial charge in [0.25, 0.3) is 0 Å². The van der Waals surface area contributed by atoms with Crippen LogP contribution in [0.25, 0.3) is 0 Å². The average molecular weight is 446 g/mol. The molecule has 1 N–H and O–H groups in total. The monoisotopic (exact) mass is 443 g/mol. The Morgan fingerprint density at radius 3 is 2.38 bits per heavy atom. The van der Waals surface area contributed by atoms with Gasteiger partial charge in [-0.2, -0.15) is 0 Å². The molecular weight excluding hydrogens is 438 g/mol. The molecular formula is C10H8Br3NS2. The van der Waals surface area contributed by atoms with Gasteiger partial charge < -0.3 is 5.32 Å². The van der Waals surface area contributed by atoms with Gasteiger partial charge >= 0.3 is 0 Å². The van der Waals surface area contributed by atoms with Gasteiger partial charge in [-0.15, -0.1) is 22.7 Å². The fourth-order valence-electron chi connectivity index (χ4n) is 1.23. The lowest BCUT2D eigenvalue weighted by Gasteiger charge is -1.99. The van der Waals surface area contributed by atoms with Crippen molar-refractivity contribution >= 4 is 70.5 Å². The Balaban J connectivity index is 1.84. The minimum Gasteiger partial charge on any atom is -0.307 e. The van der Waals surface area contributed by atoms with Crippen molar-refractivity contribution in [3.63, 3.8) is 0 Å². The summed E-state index contributed by atoms with van der Waals surface area (Å²) < 4.78 is 3.45. The molecule has 0 aliphatic rings. The van der Waals surface area contributed by atoms with Crippen molar-refractivity contribution in [2.45, 2.75) is 13.1 Å². The quantitative estimate of drug-likeness (QED) is 0.665. The fraction of sp³-hybridized carbons (Fsp3) is 0.200. The predicted octanol–water partition coefficient (Wildman–Crippen LogP) is 5.39. The summed E-state index contributed by atoms with van der Waals surface area (Å²) in [6.45, 7) is 1.83. The van der Waals surface area contributed by atoms with Crippen molar-refractivity contribution in [3.05, 3.63) is 40.0 Å². The Morgan fingerprint density at radius 2 is 1.81 bits per heavy atom. The molecule has 0 aromatic carbocycles. The van der Waals surface area contributed by atoms with E-state index in [0.29, 0.717) is 0 Å². The van der Waals surface area contributed by atoms with Crippen LogP contribution in [0.5, 0.6) is 0 Å². The molecule has 0 amide bonds. The van der Waals surface area contributed by atoms with Gasteiger partial charge in [-0.25, -0.2) is 0 Å². The molecule has 2 aromatic heterocycles. The van der Waals surface area contributed by atoms with Gasteiger partial charge in [0.05, 0.1) is 3.79 Å². The number of thiophene rings is 2. The number of halogens is 3. The zero-order valence-corrected chi connectivity index (χ0v) is 14.5. The van der Waals surface area contributed by atoms with Crippen molar-refractivity contribution in [1.29, 1.82) is 0 Å². The third kappa shape index (κ3) is 3.65. The lowest BCUT2D eigenvalue weighted by atomic mass is 10.4. The van der Waals surface area contributed by atoms with E-state index in [2.05, 4.69) is 70.6 Å². The first-order valence-electron chi connectivity index (χ1n) is 4.52. The smallest absolute Gasteiger partial charge is 0.0843 e.